The van der Waals surface area contributed by atoms with Crippen molar-refractivity contribution in [1.29, 1.82) is 0 Å². The smallest absolute Gasteiger partial charge is 0.870 e. The van der Waals surface area contributed by atoms with E-state index in [0.717, 1.165) is 0 Å². The molecule has 0 radical (unpaired) electrons. The molecular weight excluding hydrogens is 1680 g/mol. The van der Waals surface area contributed by atoms with Gasteiger partial charge in [-0.05, 0) is 6.42 Å². The average molecular weight is 1720 g/mol. The fourth-order valence-electron chi connectivity index (χ4n) is 6.42. The van der Waals surface area contributed by atoms with Crippen LogP contribution in [0, 0.1) is 5.92 Å². The van der Waals surface area contributed by atoms with Gasteiger partial charge >= 0.3 is 514 Å². The molecule has 86 heavy (non-hydrogen) atoms. The standard InChI is InChI=1S/C21H40O41S10.10K.4H2O/c1-48-14(15(49-2)12(60-70(39,40)41)7-53-68(33,34)35)11(59-69(36,37)38)5-50-9-3-8(13(55-63(22)23)19(62-72(45,46)47)17(9)61-71(42,43)44)4-51-21-20(58-66(28)29)18(57-65(26)27)16(56-64(24)25)10(54-21)6-52-67(30,31)32;;;;;;;;;;;;;;/h8-21H,3-7H2,1-2H3,(H,22,23)(H,24,25)(H,26,27)(H,28,29)(H,30,31,32)(H,33,34,35)(H,36,37,38)(H,39,40,41)(H,42,43,44)(H,45,46,47);;;;;;;;;;;4*1H2/q;10*+1;;;;/p-14/t8-,9-,10-,11-,12-,13-,14-,15-,16-,17+,18+,19+,20-,21-;;;;;;;;;;;;;;/m1............../s1. The van der Waals surface area contributed by atoms with Gasteiger partial charge in [0.15, 0.2) is 12.4 Å². The molecule has 45 nitrogen and oxygen atoms in total. The monoisotopic (exact) mass is 1720 g/mol. The maximum absolute atomic E-state index is 12.0. The largest absolute Gasteiger partial charge is 1.00 e. The summed E-state index contributed by atoms with van der Waals surface area (Å²) in [5.41, 5.74) is 0. The minimum atomic E-state index is -6.37. The third kappa shape index (κ3) is 57.6. The van der Waals surface area contributed by atoms with Gasteiger partial charge in [0.25, 0.3) is 0 Å². The summed E-state index contributed by atoms with van der Waals surface area (Å²) in [7, 11) is -35.4. The summed E-state index contributed by atoms with van der Waals surface area (Å²) in [5.74, 6) is -2.26. The summed E-state index contributed by atoms with van der Waals surface area (Å²) in [6.07, 6.45) is -36.8. The first-order valence-electron chi connectivity index (χ1n) is 17.4. The van der Waals surface area contributed by atoms with E-state index in [1.807, 2.05) is 0 Å². The molecule has 0 bridgehead atoms. The van der Waals surface area contributed by atoms with E-state index < -0.39 is 226 Å². The summed E-state index contributed by atoms with van der Waals surface area (Å²) in [6.45, 7) is -6.82. The van der Waals surface area contributed by atoms with Gasteiger partial charge in [-0.15, -0.1) is 0 Å². The van der Waals surface area contributed by atoms with Crippen molar-refractivity contribution < 1.29 is 714 Å². The molecule has 0 aromatic carbocycles. The van der Waals surface area contributed by atoms with Crippen molar-refractivity contribution >= 4 is 108 Å². The molecule has 4 N–H and O–H groups in total. The van der Waals surface area contributed by atoms with Crippen molar-refractivity contribution in [3.05, 3.63) is 0 Å². The van der Waals surface area contributed by atoms with E-state index in [-0.39, 0.29) is 536 Å². The summed E-state index contributed by atoms with van der Waals surface area (Å²) < 4.78 is 372. The number of rotatable bonds is 33. The molecule has 2 fully saturated rings. The second-order valence-corrected chi connectivity index (χ2v) is 21.7. The normalized spacial score (nSPS) is 24.8. The van der Waals surface area contributed by atoms with Crippen LogP contribution in [-0.2, 0) is 173 Å². The Bertz CT molecular complexity index is 2600. The summed E-state index contributed by atoms with van der Waals surface area (Å²) in [5, 5.41) is 0. The number of methoxy groups -OCH3 is 2. The van der Waals surface area contributed by atoms with Crippen LogP contribution in [0.3, 0.4) is 0 Å². The molecule has 0 amide bonds. The predicted octanol–water partition coefficient (Wildman–Crippen LogP) is -40.5. The van der Waals surface area contributed by atoms with Crippen LogP contribution in [-0.4, -0.2) is 255 Å². The second-order valence-electron chi connectivity index (χ2n) is 13.1. The maximum atomic E-state index is 12.0. The first-order valence-corrected chi connectivity index (χ1v) is 29.4. The van der Waals surface area contributed by atoms with Gasteiger partial charge in [0.1, 0.15) is 61.0 Å². The second kappa shape index (κ2) is 63.2. The Kier molecular flexibility index (Phi) is 96.2. The van der Waals surface area contributed by atoms with E-state index in [4.69, 9.17) is 23.7 Å². The third-order valence-corrected chi connectivity index (χ3v) is 12.9. The predicted molar refractivity (Wildman–Crippen MR) is 207 cm³/mol. The molecule has 65 heteroatoms. The topological polar surface area (TPSA) is 762 Å². The van der Waals surface area contributed by atoms with Gasteiger partial charge in [-0.1, -0.05) is 0 Å². The van der Waals surface area contributed by atoms with Gasteiger partial charge in [-0.2, -0.15) is 0 Å². The Morgan fingerprint density at radius 3 is 1.13 bits per heavy atom. The minimum absolute atomic E-state index is 0. The number of hydrogen-bond acceptors (Lipinski definition) is 45. The zero-order chi connectivity index (χ0) is 55.5. The van der Waals surface area contributed by atoms with Gasteiger partial charge in [-0.3, -0.25) is 41.8 Å². The molecule has 0 spiro atoms. The first-order chi connectivity index (χ1) is 32.6. The SMILES string of the molecule is CO[C@@H]([C@H](OC)[C@@H](COS(=O)(=O)[O-])OS(=O)(=O)[O-])[C@@H](CO[C@@H]1C[C@H](CO[C@@H]2O[C@H](COS(=O)(=O)[O-])[C@@H](OS(=O)[O-])[C@H](OS(=O)[O-])[C@H]2OS(=O)[O-])[C@@H](OS(=O)[O-])[C@H](OS(=O)(=O)[O-])[C@H]1OS(=O)(=O)[O-])OS(=O)(=O)[O-].[K+].[K+].[K+].[K+].[K+].[K+].[K+].[K+].[K+].[K+].[OH-].[OH-].[OH-].[OH-]. The van der Waals surface area contributed by atoms with E-state index in [9.17, 15) is 113 Å². The van der Waals surface area contributed by atoms with Gasteiger partial charge in [0.2, 0.25) is 62.4 Å². The third-order valence-electron chi connectivity index (χ3n) is 8.61. The molecule has 1 saturated heterocycles. The van der Waals surface area contributed by atoms with Crippen LogP contribution in [0.4, 0.5) is 0 Å². The van der Waals surface area contributed by atoms with E-state index in [0.29, 0.717) is 14.2 Å². The van der Waals surface area contributed by atoms with Gasteiger partial charge in [0.05, 0.1) is 78.0 Å². The molecular formula is C21H34K10O45S10-4. The molecule has 2 aliphatic rings. The summed E-state index contributed by atoms with van der Waals surface area (Å²) in [4.78, 5) is 0. The molecule has 1 aliphatic carbocycles. The van der Waals surface area contributed by atoms with E-state index >= 15 is 0 Å². The van der Waals surface area contributed by atoms with Crippen LogP contribution in [0.5, 0.6) is 0 Å². The van der Waals surface area contributed by atoms with Gasteiger partial charge < -0.3 is 91.1 Å². The van der Waals surface area contributed by atoms with Crippen LogP contribution < -0.4 is 514 Å². The van der Waals surface area contributed by atoms with Crippen LogP contribution in [0.1, 0.15) is 6.42 Å². The van der Waals surface area contributed by atoms with Crippen molar-refractivity contribution in [3.63, 3.8) is 0 Å². The Morgan fingerprint density at radius 2 is 0.779 bits per heavy atom. The van der Waals surface area contributed by atoms with Crippen molar-refractivity contribution in [2.75, 3.05) is 40.6 Å². The summed E-state index contributed by atoms with van der Waals surface area (Å²) >= 11 is -15.6. The molecule has 0 aromatic rings. The van der Waals surface area contributed by atoms with Crippen molar-refractivity contribution in [2.24, 2.45) is 5.92 Å². The molecule has 1 aliphatic heterocycles. The molecule has 0 aromatic heterocycles. The Hall–Kier alpha value is 15.5. The Balaban J connectivity index is -0.000000346. The van der Waals surface area contributed by atoms with Crippen LogP contribution in [0.15, 0.2) is 0 Å². The van der Waals surface area contributed by atoms with Gasteiger partial charge in [-0.25, -0.2) is 67.3 Å². The molecule has 1 saturated carbocycles. The summed E-state index contributed by atoms with van der Waals surface area (Å²) in [6, 6.07) is 0. The fraction of sp³-hybridized carbons (Fsp3) is 1.00. The van der Waals surface area contributed by atoms with Crippen LogP contribution >= 0.6 is 0 Å². The van der Waals surface area contributed by atoms with Crippen LogP contribution in [0.2, 0.25) is 0 Å². The van der Waals surface area contributed by atoms with Crippen molar-refractivity contribution in [2.45, 2.75) is 86.0 Å². The van der Waals surface area contributed by atoms with E-state index in [1.54, 1.807) is 0 Å². The molecule has 1 heterocycles. The molecule has 18 atom stereocenters. The Labute approximate surface area is 927 Å². The zero-order valence-electron chi connectivity index (χ0n) is 46.2. The molecule has 462 valence electrons. The van der Waals surface area contributed by atoms with E-state index in [2.05, 4.69) is 41.8 Å². The minimum Gasteiger partial charge on any atom is -0.870 e. The number of ether oxygens (including phenoxy) is 5. The first kappa shape index (κ1) is 131. The number of hydrogen-bond donors (Lipinski definition) is 0. The molecule has 2 rings (SSSR count). The Morgan fingerprint density at radius 1 is 0.430 bits per heavy atom. The quantitative estimate of drug-likeness (QED) is 0.0255. The van der Waals surface area contributed by atoms with Crippen LogP contribution in [0.25, 0.3) is 0 Å². The van der Waals surface area contributed by atoms with E-state index in [1.165, 1.54) is 0 Å². The maximum Gasteiger partial charge on any atom is 1.00 e. The van der Waals surface area contributed by atoms with Gasteiger partial charge in [0, 0.05) is 20.1 Å². The molecule has 4 unspecified atom stereocenters. The van der Waals surface area contributed by atoms with Crippen molar-refractivity contribution in [3.8, 4) is 0 Å². The average Bonchev–Trinajstić information content (AvgIpc) is 3.16. The fourth-order valence-corrected chi connectivity index (χ4v) is 10.6. The zero-order valence-corrected chi connectivity index (χ0v) is 85.6. The van der Waals surface area contributed by atoms with Crippen molar-refractivity contribution in [1.82, 2.24) is 0 Å².